The minimum Gasteiger partial charge on any atom is -0.494 e. The molecule has 1 fully saturated rings. The maximum absolute atomic E-state index is 11.4. The van der Waals surface area contributed by atoms with E-state index in [-0.39, 0.29) is 11.8 Å². The highest BCUT2D eigenvalue weighted by atomic mass is 16.5. The zero-order valence-corrected chi connectivity index (χ0v) is 10.8. The van der Waals surface area contributed by atoms with Crippen LogP contribution in [0.2, 0.25) is 0 Å². The molecular formula is C14H18N2O2. The lowest BCUT2D eigenvalue weighted by molar-refractivity contribution is -0.122. The van der Waals surface area contributed by atoms with Crippen molar-refractivity contribution in [2.75, 3.05) is 6.61 Å². The second kappa shape index (κ2) is 5.67. The number of hydrogen-bond donors (Lipinski definition) is 1. The second-order valence-electron chi connectivity index (χ2n) is 4.40. The van der Waals surface area contributed by atoms with Crippen LogP contribution in [0.5, 0.6) is 5.75 Å². The molecule has 0 spiro atoms. The number of nitrogens with zero attached hydrogens (tertiary/aromatic N) is 1. The fourth-order valence-corrected chi connectivity index (χ4v) is 1.60. The standard InChI is InChI=1S/C14H18N2O2/c1-3-18-13-8-6-11(7-9-13)10(2)15-16-14(17)12-4-5-12/h6-9,12H,3-5H2,1-2H3,(H,16,17). The maximum atomic E-state index is 11.4. The molecule has 1 aliphatic carbocycles. The Hall–Kier alpha value is -1.84. The molecule has 0 unspecified atom stereocenters. The van der Waals surface area contributed by atoms with E-state index < -0.39 is 0 Å². The van der Waals surface area contributed by atoms with E-state index in [9.17, 15) is 4.79 Å². The highest BCUT2D eigenvalue weighted by Gasteiger charge is 2.29. The van der Waals surface area contributed by atoms with Crippen LogP contribution >= 0.6 is 0 Å². The van der Waals surface area contributed by atoms with Crippen molar-refractivity contribution in [2.45, 2.75) is 26.7 Å². The van der Waals surface area contributed by atoms with Crippen molar-refractivity contribution in [1.82, 2.24) is 5.43 Å². The van der Waals surface area contributed by atoms with E-state index in [0.717, 1.165) is 29.9 Å². The quantitative estimate of drug-likeness (QED) is 0.640. The molecule has 0 radical (unpaired) electrons. The summed E-state index contributed by atoms with van der Waals surface area (Å²) in [5, 5.41) is 4.11. The minimum absolute atomic E-state index is 0.0280. The molecule has 96 valence electrons. The maximum Gasteiger partial charge on any atom is 0.243 e. The Bertz CT molecular complexity index is 447. The molecule has 1 saturated carbocycles. The highest BCUT2D eigenvalue weighted by molar-refractivity contribution is 5.99. The van der Waals surface area contributed by atoms with Crippen LogP contribution in [0.25, 0.3) is 0 Å². The number of hydrazone groups is 1. The average Bonchev–Trinajstić information content (AvgIpc) is 3.21. The summed E-state index contributed by atoms with van der Waals surface area (Å²) in [6.07, 6.45) is 1.98. The summed E-state index contributed by atoms with van der Waals surface area (Å²) in [7, 11) is 0. The summed E-state index contributed by atoms with van der Waals surface area (Å²) in [5.74, 6) is 1.05. The van der Waals surface area contributed by atoms with Gasteiger partial charge in [0.05, 0.1) is 12.3 Å². The number of nitrogens with one attached hydrogen (secondary N) is 1. The Labute approximate surface area is 107 Å². The molecule has 0 saturated heterocycles. The topological polar surface area (TPSA) is 50.7 Å². The first kappa shape index (κ1) is 12.6. The van der Waals surface area contributed by atoms with Gasteiger partial charge < -0.3 is 4.74 Å². The number of carbonyl (C=O) groups is 1. The lowest BCUT2D eigenvalue weighted by Gasteiger charge is -2.05. The van der Waals surface area contributed by atoms with E-state index in [2.05, 4.69) is 10.5 Å². The van der Waals surface area contributed by atoms with Gasteiger partial charge in [-0.05, 0) is 56.5 Å². The molecule has 1 N–H and O–H groups in total. The summed E-state index contributed by atoms with van der Waals surface area (Å²) in [6, 6.07) is 7.68. The zero-order valence-electron chi connectivity index (χ0n) is 10.8. The van der Waals surface area contributed by atoms with Crippen molar-refractivity contribution in [1.29, 1.82) is 0 Å². The summed E-state index contributed by atoms with van der Waals surface area (Å²) >= 11 is 0. The molecule has 1 aromatic rings. The van der Waals surface area contributed by atoms with Crippen molar-refractivity contribution in [3.63, 3.8) is 0 Å². The molecule has 18 heavy (non-hydrogen) atoms. The van der Waals surface area contributed by atoms with Crippen LogP contribution in [0.15, 0.2) is 29.4 Å². The molecule has 0 aliphatic heterocycles. The van der Waals surface area contributed by atoms with Gasteiger partial charge >= 0.3 is 0 Å². The number of rotatable bonds is 5. The molecule has 4 heteroatoms. The van der Waals surface area contributed by atoms with Crippen LogP contribution in [-0.4, -0.2) is 18.2 Å². The van der Waals surface area contributed by atoms with Crippen LogP contribution in [0.1, 0.15) is 32.3 Å². The average molecular weight is 246 g/mol. The first-order chi connectivity index (χ1) is 8.70. The number of hydrogen-bond acceptors (Lipinski definition) is 3. The van der Waals surface area contributed by atoms with E-state index in [1.807, 2.05) is 38.1 Å². The van der Waals surface area contributed by atoms with Gasteiger partial charge in [0.2, 0.25) is 5.91 Å². The van der Waals surface area contributed by atoms with Crippen LogP contribution < -0.4 is 10.2 Å². The lowest BCUT2D eigenvalue weighted by atomic mass is 10.1. The number of ether oxygens (including phenoxy) is 1. The molecule has 1 aliphatic rings. The van der Waals surface area contributed by atoms with Gasteiger partial charge in [-0.1, -0.05) is 0 Å². The van der Waals surface area contributed by atoms with Gasteiger partial charge in [0.1, 0.15) is 5.75 Å². The zero-order chi connectivity index (χ0) is 13.0. The van der Waals surface area contributed by atoms with Crippen molar-refractivity contribution in [2.24, 2.45) is 11.0 Å². The third-order valence-corrected chi connectivity index (χ3v) is 2.87. The predicted octanol–water partition coefficient (Wildman–Crippen LogP) is 2.34. The van der Waals surface area contributed by atoms with Crippen molar-refractivity contribution >= 4 is 11.6 Å². The van der Waals surface area contributed by atoms with E-state index in [0.29, 0.717) is 6.61 Å². The number of amides is 1. The molecule has 1 aromatic carbocycles. The first-order valence-corrected chi connectivity index (χ1v) is 6.28. The molecule has 0 heterocycles. The molecule has 0 aromatic heterocycles. The SMILES string of the molecule is CCOc1ccc(C(C)=NNC(=O)C2CC2)cc1. The smallest absolute Gasteiger partial charge is 0.243 e. The van der Waals surface area contributed by atoms with Gasteiger partial charge in [-0.3, -0.25) is 4.79 Å². The Balaban J connectivity index is 1.96. The molecule has 0 atom stereocenters. The predicted molar refractivity (Wildman–Crippen MR) is 70.7 cm³/mol. The molecule has 4 nitrogen and oxygen atoms in total. The van der Waals surface area contributed by atoms with Crippen LogP contribution in [0, 0.1) is 5.92 Å². The molecular weight excluding hydrogens is 228 g/mol. The largest absolute Gasteiger partial charge is 0.494 e. The normalized spacial score (nSPS) is 15.3. The van der Waals surface area contributed by atoms with Gasteiger partial charge in [-0.2, -0.15) is 5.10 Å². The third-order valence-electron chi connectivity index (χ3n) is 2.87. The summed E-state index contributed by atoms with van der Waals surface area (Å²) in [4.78, 5) is 11.4. The molecule has 0 bridgehead atoms. The van der Waals surface area contributed by atoms with Crippen molar-refractivity contribution in [3.05, 3.63) is 29.8 Å². The van der Waals surface area contributed by atoms with Gasteiger partial charge in [-0.15, -0.1) is 0 Å². The molecule has 1 amide bonds. The second-order valence-corrected chi connectivity index (χ2v) is 4.40. The van der Waals surface area contributed by atoms with E-state index in [1.165, 1.54) is 0 Å². The summed E-state index contributed by atoms with van der Waals surface area (Å²) in [5.41, 5.74) is 4.38. The van der Waals surface area contributed by atoms with Crippen LogP contribution in [0.4, 0.5) is 0 Å². The highest BCUT2D eigenvalue weighted by Crippen LogP contribution is 2.28. The lowest BCUT2D eigenvalue weighted by Crippen LogP contribution is -2.20. The van der Waals surface area contributed by atoms with Crippen LogP contribution in [-0.2, 0) is 4.79 Å². The third kappa shape index (κ3) is 3.32. The summed E-state index contributed by atoms with van der Waals surface area (Å²) in [6.45, 7) is 4.49. The van der Waals surface area contributed by atoms with E-state index in [1.54, 1.807) is 0 Å². The Morgan fingerprint density at radius 3 is 2.61 bits per heavy atom. The first-order valence-electron chi connectivity index (χ1n) is 6.28. The van der Waals surface area contributed by atoms with Crippen molar-refractivity contribution < 1.29 is 9.53 Å². The summed E-state index contributed by atoms with van der Waals surface area (Å²) < 4.78 is 5.37. The van der Waals surface area contributed by atoms with Gasteiger partial charge in [0.15, 0.2) is 0 Å². The Kier molecular flexibility index (Phi) is 3.97. The number of benzene rings is 1. The van der Waals surface area contributed by atoms with E-state index in [4.69, 9.17) is 4.74 Å². The Morgan fingerprint density at radius 2 is 2.06 bits per heavy atom. The fraction of sp³-hybridized carbons (Fsp3) is 0.429. The Morgan fingerprint density at radius 1 is 1.39 bits per heavy atom. The molecule has 2 rings (SSSR count). The monoisotopic (exact) mass is 246 g/mol. The minimum atomic E-state index is 0.0280. The van der Waals surface area contributed by atoms with Gasteiger partial charge in [0, 0.05) is 5.92 Å². The van der Waals surface area contributed by atoms with Crippen LogP contribution in [0.3, 0.4) is 0 Å². The van der Waals surface area contributed by atoms with Gasteiger partial charge in [-0.25, -0.2) is 5.43 Å². The van der Waals surface area contributed by atoms with E-state index >= 15 is 0 Å². The van der Waals surface area contributed by atoms with Gasteiger partial charge in [0.25, 0.3) is 0 Å². The number of carbonyl (C=O) groups excluding carboxylic acids is 1. The fourth-order valence-electron chi connectivity index (χ4n) is 1.60. The van der Waals surface area contributed by atoms with Crippen molar-refractivity contribution in [3.8, 4) is 5.75 Å².